The van der Waals surface area contributed by atoms with Gasteiger partial charge in [-0.05, 0) is 54.4 Å². The minimum Gasteiger partial charge on any atom is -0.494 e. The summed E-state index contributed by atoms with van der Waals surface area (Å²) in [6.45, 7) is 2.91. The molecule has 222 valence electrons. The van der Waals surface area contributed by atoms with Gasteiger partial charge in [-0.15, -0.1) is 0 Å². The van der Waals surface area contributed by atoms with E-state index < -0.39 is 11.6 Å². The van der Waals surface area contributed by atoms with Crippen LogP contribution in [0, 0.1) is 6.92 Å². The van der Waals surface area contributed by atoms with Gasteiger partial charge in [-0.25, -0.2) is 10.4 Å². The molecule has 4 aromatic carbocycles. The summed E-state index contributed by atoms with van der Waals surface area (Å²) in [5.74, 6) is 0.600. The fraction of sp³-hybridized carbons (Fsp3) is 0.235. The standard InChI is InChI=1S/C34H33Cl2N3O4/c1-23-7-5-10-25(19-23)22-37-39-33(41)34(21-24-8-3-2-4-9-24)31(29-16-13-27(35)20-30(29)36)43-32(38-34)26-11-14-28(15-12-26)42-18-6-17-40/h2-5,7-16,19-20,31,37,40H,6,17-18,21-22H2,1H3,(H,39,41)/t31-,34-/m0/s1. The van der Waals surface area contributed by atoms with E-state index in [2.05, 4.69) is 16.9 Å². The maximum atomic E-state index is 14.3. The highest BCUT2D eigenvalue weighted by atomic mass is 35.5. The number of nitrogens with one attached hydrogen (secondary N) is 2. The van der Waals surface area contributed by atoms with E-state index in [-0.39, 0.29) is 18.9 Å². The van der Waals surface area contributed by atoms with Crippen LogP contribution >= 0.6 is 23.2 Å². The van der Waals surface area contributed by atoms with Crippen molar-refractivity contribution in [1.82, 2.24) is 10.9 Å². The number of hydrogen-bond donors (Lipinski definition) is 3. The van der Waals surface area contributed by atoms with E-state index >= 15 is 0 Å². The monoisotopic (exact) mass is 617 g/mol. The van der Waals surface area contributed by atoms with Gasteiger partial charge in [-0.1, -0.05) is 89.4 Å². The lowest BCUT2D eigenvalue weighted by atomic mass is 9.82. The predicted molar refractivity (Wildman–Crippen MR) is 170 cm³/mol. The number of halogens is 2. The molecular formula is C34H33Cl2N3O4. The van der Waals surface area contributed by atoms with Crippen LogP contribution in [0.3, 0.4) is 0 Å². The van der Waals surface area contributed by atoms with Gasteiger partial charge in [0.2, 0.25) is 5.90 Å². The molecule has 0 saturated heterocycles. The first-order valence-corrected chi connectivity index (χ1v) is 14.8. The predicted octanol–water partition coefficient (Wildman–Crippen LogP) is 6.38. The summed E-state index contributed by atoms with van der Waals surface area (Å²) in [5.41, 5.74) is 8.93. The summed E-state index contributed by atoms with van der Waals surface area (Å²) in [4.78, 5) is 19.3. The van der Waals surface area contributed by atoms with Crippen molar-refractivity contribution in [1.29, 1.82) is 0 Å². The van der Waals surface area contributed by atoms with Gasteiger partial charge in [0.25, 0.3) is 5.91 Å². The van der Waals surface area contributed by atoms with Gasteiger partial charge in [-0.2, -0.15) is 0 Å². The molecule has 2 atom stereocenters. The van der Waals surface area contributed by atoms with Crippen molar-refractivity contribution < 1.29 is 19.4 Å². The molecule has 3 N–H and O–H groups in total. The van der Waals surface area contributed by atoms with Gasteiger partial charge >= 0.3 is 0 Å². The molecule has 0 unspecified atom stereocenters. The number of carbonyl (C=O) groups is 1. The number of nitrogens with zero attached hydrogens (tertiary/aromatic N) is 1. The molecular weight excluding hydrogens is 585 g/mol. The zero-order chi connectivity index (χ0) is 30.2. The third kappa shape index (κ3) is 7.37. The van der Waals surface area contributed by atoms with Gasteiger partial charge in [-0.3, -0.25) is 10.2 Å². The second-order valence-corrected chi connectivity index (χ2v) is 11.3. The number of hydrazine groups is 1. The van der Waals surface area contributed by atoms with E-state index in [1.54, 1.807) is 18.2 Å². The van der Waals surface area contributed by atoms with Crippen LogP contribution in [0.1, 0.15) is 40.3 Å². The number of amides is 1. The minimum absolute atomic E-state index is 0.0583. The number of aliphatic imine (C=N–C) groups is 1. The molecule has 0 fully saturated rings. The van der Waals surface area contributed by atoms with Crippen LogP contribution in [-0.2, 0) is 22.5 Å². The number of benzene rings is 4. The number of carbonyl (C=O) groups excluding carboxylic acids is 1. The average molecular weight is 619 g/mol. The Morgan fingerprint density at radius 3 is 2.47 bits per heavy atom. The van der Waals surface area contributed by atoms with E-state index in [1.165, 1.54) is 0 Å². The maximum Gasteiger partial charge on any atom is 0.266 e. The van der Waals surface area contributed by atoms with Gasteiger partial charge < -0.3 is 14.6 Å². The Hall–Kier alpha value is -3.88. The van der Waals surface area contributed by atoms with Crippen molar-refractivity contribution in [2.24, 2.45) is 4.99 Å². The topological polar surface area (TPSA) is 92.2 Å². The van der Waals surface area contributed by atoms with Crippen molar-refractivity contribution in [2.45, 2.75) is 38.0 Å². The Morgan fingerprint density at radius 1 is 0.977 bits per heavy atom. The van der Waals surface area contributed by atoms with Crippen LogP contribution in [-0.4, -0.2) is 35.7 Å². The number of rotatable bonds is 12. The van der Waals surface area contributed by atoms with Gasteiger partial charge in [0.1, 0.15) is 5.75 Å². The molecule has 0 aromatic heterocycles. The molecule has 4 aromatic rings. The zero-order valence-electron chi connectivity index (χ0n) is 23.7. The van der Waals surface area contributed by atoms with E-state index in [1.807, 2.05) is 79.7 Å². The highest BCUT2D eigenvalue weighted by Gasteiger charge is 2.54. The normalized spacial score (nSPS) is 17.7. The molecule has 1 aliphatic heterocycles. The van der Waals surface area contributed by atoms with E-state index in [0.717, 1.165) is 16.7 Å². The average Bonchev–Trinajstić information content (AvgIpc) is 3.38. The molecule has 0 bridgehead atoms. The molecule has 5 rings (SSSR count). The molecule has 0 saturated carbocycles. The third-order valence-electron chi connectivity index (χ3n) is 7.17. The highest BCUT2D eigenvalue weighted by molar-refractivity contribution is 6.35. The molecule has 0 radical (unpaired) electrons. The van der Waals surface area contributed by atoms with Gasteiger partial charge in [0, 0.05) is 47.2 Å². The van der Waals surface area contributed by atoms with Crippen LogP contribution < -0.4 is 15.6 Å². The molecule has 0 spiro atoms. The number of ether oxygens (including phenoxy) is 2. The van der Waals surface area contributed by atoms with Crippen molar-refractivity contribution >= 4 is 35.0 Å². The summed E-state index contributed by atoms with van der Waals surface area (Å²) in [6.07, 6.45) is -0.0639. The molecule has 1 heterocycles. The Morgan fingerprint density at radius 2 is 1.74 bits per heavy atom. The molecule has 9 heteroatoms. The summed E-state index contributed by atoms with van der Waals surface area (Å²) in [5, 5.41) is 9.89. The summed E-state index contributed by atoms with van der Waals surface area (Å²) >= 11 is 13.0. The first-order chi connectivity index (χ1) is 20.9. The molecule has 43 heavy (non-hydrogen) atoms. The lowest BCUT2D eigenvalue weighted by Crippen LogP contribution is -2.53. The largest absolute Gasteiger partial charge is 0.494 e. The quantitative estimate of drug-likeness (QED) is 0.127. The Balaban J connectivity index is 1.52. The summed E-state index contributed by atoms with van der Waals surface area (Å²) in [6, 6.07) is 30.2. The molecule has 1 amide bonds. The number of aryl methyl sites for hydroxylation is 1. The SMILES string of the molecule is Cc1cccc(CNNC(=O)[C@@]2(Cc3ccccc3)N=C(c3ccc(OCCCO)cc3)O[C@H]2c2ccc(Cl)cc2Cl)c1. The van der Waals surface area contributed by atoms with E-state index in [0.29, 0.717) is 52.4 Å². The Bertz CT molecular complexity index is 1580. The fourth-order valence-electron chi connectivity index (χ4n) is 5.04. The van der Waals surface area contributed by atoms with Gasteiger partial charge in [0.05, 0.1) is 6.61 Å². The lowest BCUT2D eigenvalue weighted by Gasteiger charge is -2.31. The third-order valence-corrected chi connectivity index (χ3v) is 7.73. The second kappa shape index (κ2) is 14.1. The molecule has 1 aliphatic rings. The fourth-order valence-corrected chi connectivity index (χ4v) is 5.54. The van der Waals surface area contributed by atoms with Crippen LogP contribution in [0.15, 0.2) is 102 Å². The smallest absolute Gasteiger partial charge is 0.266 e. The van der Waals surface area contributed by atoms with Crippen LogP contribution in [0.4, 0.5) is 0 Å². The summed E-state index contributed by atoms with van der Waals surface area (Å²) in [7, 11) is 0. The van der Waals surface area contributed by atoms with Crippen molar-refractivity contribution in [3.8, 4) is 5.75 Å². The summed E-state index contributed by atoms with van der Waals surface area (Å²) < 4.78 is 12.2. The van der Waals surface area contributed by atoms with Crippen LogP contribution in [0.2, 0.25) is 10.0 Å². The first kappa shape index (κ1) is 30.6. The Labute approximate surface area is 261 Å². The molecule has 0 aliphatic carbocycles. The van der Waals surface area contributed by atoms with Gasteiger partial charge in [0.15, 0.2) is 11.6 Å². The van der Waals surface area contributed by atoms with Crippen molar-refractivity contribution in [2.75, 3.05) is 13.2 Å². The Kier molecular flexibility index (Phi) is 10.00. The number of aliphatic hydroxyl groups excluding tert-OH is 1. The number of hydrogen-bond acceptors (Lipinski definition) is 6. The van der Waals surface area contributed by atoms with E-state index in [4.69, 9.17) is 42.8 Å². The van der Waals surface area contributed by atoms with Crippen molar-refractivity contribution in [3.63, 3.8) is 0 Å². The van der Waals surface area contributed by atoms with Crippen LogP contribution in [0.25, 0.3) is 0 Å². The first-order valence-electron chi connectivity index (χ1n) is 14.1. The molecule has 7 nitrogen and oxygen atoms in total. The lowest BCUT2D eigenvalue weighted by molar-refractivity contribution is -0.130. The van der Waals surface area contributed by atoms with Crippen molar-refractivity contribution in [3.05, 3.63) is 135 Å². The maximum absolute atomic E-state index is 14.3. The number of aliphatic hydroxyl groups is 1. The van der Waals surface area contributed by atoms with Crippen LogP contribution in [0.5, 0.6) is 5.75 Å². The second-order valence-electron chi connectivity index (χ2n) is 10.4. The minimum atomic E-state index is -1.41. The van der Waals surface area contributed by atoms with E-state index in [9.17, 15) is 4.79 Å². The highest BCUT2D eigenvalue weighted by Crippen LogP contribution is 2.45. The zero-order valence-corrected chi connectivity index (χ0v) is 25.2.